The van der Waals surface area contributed by atoms with E-state index in [-0.39, 0.29) is 0 Å². The van der Waals surface area contributed by atoms with Gasteiger partial charge in [-0.15, -0.1) is 0 Å². The minimum absolute atomic E-state index is 0.519. The third-order valence-electron chi connectivity index (χ3n) is 4.16. The molecule has 0 aliphatic heterocycles. The lowest BCUT2D eigenvalue weighted by atomic mass is 9.83. The fraction of sp³-hybridized carbons (Fsp3) is 0.611. The maximum atomic E-state index is 5.13. The number of nitrogens with zero attached hydrogens (tertiary/aromatic N) is 1. The standard InChI is InChI=1S/C18H28N2O/c1-14(2)19-13-17(16-7-5-4-6-8-16)11-15-9-10-18(21-3)20-12-15/h9-12,14,16,19H,4-8,13H2,1-3H3/b17-11-. The predicted octanol–water partition coefficient (Wildman–Crippen LogP) is 4.05. The van der Waals surface area contributed by atoms with Crippen LogP contribution in [0.15, 0.2) is 23.9 Å². The summed E-state index contributed by atoms with van der Waals surface area (Å²) in [4.78, 5) is 4.30. The molecule has 21 heavy (non-hydrogen) atoms. The van der Waals surface area contributed by atoms with Crippen molar-refractivity contribution in [1.82, 2.24) is 10.3 Å². The first-order chi connectivity index (χ1) is 10.2. The molecule has 1 N–H and O–H groups in total. The Balaban J connectivity index is 2.12. The Labute approximate surface area is 128 Å². The van der Waals surface area contributed by atoms with E-state index in [2.05, 4.69) is 36.3 Å². The van der Waals surface area contributed by atoms with E-state index in [0.29, 0.717) is 11.9 Å². The third-order valence-corrected chi connectivity index (χ3v) is 4.16. The minimum atomic E-state index is 0.519. The lowest BCUT2D eigenvalue weighted by Crippen LogP contribution is -2.27. The minimum Gasteiger partial charge on any atom is -0.481 e. The molecule has 1 aliphatic rings. The van der Waals surface area contributed by atoms with Crippen molar-refractivity contribution in [2.75, 3.05) is 13.7 Å². The Morgan fingerprint density at radius 1 is 1.33 bits per heavy atom. The molecule has 1 fully saturated rings. The van der Waals surface area contributed by atoms with Crippen molar-refractivity contribution in [2.24, 2.45) is 5.92 Å². The largest absolute Gasteiger partial charge is 0.481 e. The maximum absolute atomic E-state index is 5.13. The second-order valence-electron chi connectivity index (χ2n) is 6.22. The van der Waals surface area contributed by atoms with E-state index in [9.17, 15) is 0 Å². The van der Waals surface area contributed by atoms with Crippen LogP contribution in [0.4, 0.5) is 0 Å². The molecule has 0 unspecified atom stereocenters. The predicted molar refractivity (Wildman–Crippen MR) is 88.5 cm³/mol. The zero-order valence-electron chi connectivity index (χ0n) is 13.6. The fourth-order valence-corrected chi connectivity index (χ4v) is 2.92. The Bertz CT molecular complexity index is 445. The number of rotatable bonds is 6. The van der Waals surface area contributed by atoms with Gasteiger partial charge in [0, 0.05) is 24.8 Å². The molecule has 3 nitrogen and oxygen atoms in total. The summed E-state index contributed by atoms with van der Waals surface area (Å²) >= 11 is 0. The molecule has 2 rings (SSSR count). The summed E-state index contributed by atoms with van der Waals surface area (Å²) in [5.41, 5.74) is 2.69. The lowest BCUT2D eigenvalue weighted by Gasteiger charge is -2.25. The second kappa shape index (κ2) is 8.18. The van der Waals surface area contributed by atoms with Gasteiger partial charge in [-0.05, 0) is 30.4 Å². The molecule has 3 heteroatoms. The van der Waals surface area contributed by atoms with Crippen LogP contribution in [0.3, 0.4) is 0 Å². The summed E-state index contributed by atoms with van der Waals surface area (Å²) in [6, 6.07) is 4.54. The van der Waals surface area contributed by atoms with Gasteiger partial charge < -0.3 is 10.1 Å². The fourth-order valence-electron chi connectivity index (χ4n) is 2.92. The average Bonchev–Trinajstić information content (AvgIpc) is 2.52. The SMILES string of the molecule is COc1ccc(/C=C(/CNC(C)C)C2CCCCC2)cn1. The van der Waals surface area contributed by atoms with Crippen molar-refractivity contribution in [3.05, 3.63) is 29.5 Å². The Hall–Kier alpha value is -1.35. The monoisotopic (exact) mass is 288 g/mol. The van der Waals surface area contributed by atoms with Gasteiger partial charge in [0.25, 0.3) is 0 Å². The van der Waals surface area contributed by atoms with Crippen molar-refractivity contribution in [3.63, 3.8) is 0 Å². The quantitative estimate of drug-likeness (QED) is 0.857. The van der Waals surface area contributed by atoms with Crippen LogP contribution in [0.1, 0.15) is 51.5 Å². The van der Waals surface area contributed by atoms with Crippen molar-refractivity contribution in [3.8, 4) is 5.88 Å². The molecule has 0 bridgehead atoms. The summed E-state index contributed by atoms with van der Waals surface area (Å²) in [6.45, 7) is 5.38. The molecule has 0 amide bonds. The van der Waals surface area contributed by atoms with E-state index in [0.717, 1.165) is 12.5 Å². The van der Waals surface area contributed by atoms with Crippen molar-refractivity contribution in [2.45, 2.75) is 52.0 Å². The van der Waals surface area contributed by atoms with Crippen LogP contribution in [0, 0.1) is 5.92 Å². The van der Waals surface area contributed by atoms with Crippen LogP contribution in [0.2, 0.25) is 0 Å². The second-order valence-corrected chi connectivity index (χ2v) is 6.22. The maximum Gasteiger partial charge on any atom is 0.212 e. The van der Waals surface area contributed by atoms with Crippen molar-refractivity contribution in [1.29, 1.82) is 0 Å². The summed E-state index contributed by atoms with van der Waals surface area (Å²) in [6.07, 6.45) is 11.0. The summed E-state index contributed by atoms with van der Waals surface area (Å²) in [7, 11) is 1.65. The van der Waals surface area contributed by atoms with Gasteiger partial charge in [-0.2, -0.15) is 0 Å². The van der Waals surface area contributed by atoms with Gasteiger partial charge in [0.15, 0.2) is 0 Å². The van der Waals surface area contributed by atoms with Gasteiger partial charge in [-0.25, -0.2) is 4.98 Å². The highest BCUT2D eigenvalue weighted by atomic mass is 16.5. The summed E-state index contributed by atoms with van der Waals surface area (Å²) in [5.74, 6) is 1.40. The lowest BCUT2D eigenvalue weighted by molar-refractivity contribution is 0.394. The molecule has 0 atom stereocenters. The van der Waals surface area contributed by atoms with E-state index in [1.54, 1.807) is 7.11 Å². The van der Waals surface area contributed by atoms with Crippen LogP contribution < -0.4 is 10.1 Å². The molecule has 1 aliphatic carbocycles. The van der Waals surface area contributed by atoms with Crippen molar-refractivity contribution < 1.29 is 4.74 Å². The molecule has 0 spiro atoms. The zero-order valence-corrected chi connectivity index (χ0v) is 13.6. The molecule has 0 saturated heterocycles. The molecule has 1 aromatic heterocycles. The number of hydrogen-bond donors (Lipinski definition) is 1. The summed E-state index contributed by atoms with van der Waals surface area (Å²) < 4.78 is 5.13. The first kappa shape index (κ1) is 16.0. The van der Waals surface area contributed by atoms with Crippen LogP contribution in [-0.4, -0.2) is 24.7 Å². The molecule has 0 aromatic carbocycles. The van der Waals surface area contributed by atoms with Gasteiger partial charge in [0.2, 0.25) is 5.88 Å². The third kappa shape index (κ3) is 5.16. The van der Waals surface area contributed by atoms with Crippen molar-refractivity contribution >= 4 is 6.08 Å². The number of pyridine rings is 1. The van der Waals surface area contributed by atoms with Crippen LogP contribution in [0.25, 0.3) is 6.08 Å². The van der Waals surface area contributed by atoms with E-state index < -0.39 is 0 Å². The Kier molecular flexibility index (Phi) is 6.24. The smallest absolute Gasteiger partial charge is 0.212 e. The van der Waals surface area contributed by atoms with Crippen LogP contribution in [0.5, 0.6) is 5.88 Å². The zero-order chi connectivity index (χ0) is 15.1. The Morgan fingerprint density at radius 3 is 2.67 bits per heavy atom. The first-order valence-electron chi connectivity index (χ1n) is 8.13. The van der Waals surface area contributed by atoms with E-state index in [1.807, 2.05) is 12.3 Å². The number of aromatic nitrogens is 1. The number of ether oxygens (including phenoxy) is 1. The highest BCUT2D eigenvalue weighted by Gasteiger charge is 2.17. The molecule has 1 heterocycles. The molecule has 1 aromatic rings. The normalized spacial score (nSPS) is 17.2. The molecule has 116 valence electrons. The van der Waals surface area contributed by atoms with Gasteiger partial charge in [-0.1, -0.05) is 44.8 Å². The van der Waals surface area contributed by atoms with Gasteiger partial charge in [0.05, 0.1) is 7.11 Å². The summed E-state index contributed by atoms with van der Waals surface area (Å²) in [5, 5.41) is 3.57. The number of hydrogen-bond acceptors (Lipinski definition) is 3. The van der Waals surface area contributed by atoms with Gasteiger partial charge in [0.1, 0.15) is 0 Å². The topological polar surface area (TPSA) is 34.1 Å². The van der Waals surface area contributed by atoms with Crippen LogP contribution >= 0.6 is 0 Å². The van der Waals surface area contributed by atoms with Gasteiger partial charge >= 0.3 is 0 Å². The highest BCUT2D eigenvalue weighted by Crippen LogP contribution is 2.30. The highest BCUT2D eigenvalue weighted by molar-refractivity contribution is 5.53. The van der Waals surface area contributed by atoms with Crippen LogP contribution in [-0.2, 0) is 0 Å². The molecular weight excluding hydrogens is 260 g/mol. The Morgan fingerprint density at radius 2 is 2.10 bits per heavy atom. The van der Waals surface area contributed by atoms with Gasteiger partial charge in [-0.3, -0.25) is 0 Å². The van der Waals surface area contributed by atoms with E-state index >= 15 is 0 Å². The van der Waals surface area contributed by atoms with E-state index in [1.165, 1.54) is 43.2 Å². The first-order valence-corrected chi connectivity index (χ1v) is 8.13. The average molecular weight is 288 g/mol. The molecule has 1 saturated carbocycles. The van der Waals surface area contributed by atoms with E-state index in [4.69, 9.17) is 4.74 Å². The number of nitrogens with one attached hydrogen (secondary N) is 1. The number of methoxy groups -OCH3 is 1. The molecule has 0 radical (unpaired) electrons. The molecular formula is C18H28N2O.